The van der Waals surface area contributed by atoms with E-state index in [4.69, 9.17) is 10.5 Å². The summed E-state index contributed by atoms with van der Waals surface area (Å²) in [5.41, 5.74) is 13.2. The number of hydrogen-bond acceptors (Lipinski definition) is 14. The van der Waals surface area contributed by atoms with E-state index >= 15 is 0 Å². The van der Waals surface area contributed by atoms with E-state index in [0.717, 1.165) is 76.3 Å². The fraction of sp³-hybridized carbons (Fsp3) is 0.456. The number of hydrogen-bond donors (Lipinski definition) is 7. The molecule has 4 aromatic carbocycles. The maximum absolute atomic E-state index is 14.7. The van der Waals surface area contributed by atoms with Gasteiger partial charge in [0, 0.05) is 73.5 Å². The van der Waals surface area contributed by atoms with E-state index in [1.165, 1.54) is 34.1 Å². The number of amides is 5. The number of aryl methyl sites for hydroxylation is 2. The van der Waals surface area contributed by atoms with Gasteiger partial charge in [0.25, 0.3) is 5.52 Å². The van der Waals surface area contributed by atoms with Crippen LogP contribution in [0.25, 0.3) is 21.3 Å². The second kappa shape index (κ2) is 28.1. The van der Waals surface area contributed by atoms with Crippen LogP contribution in [0.15, 0.2) is 96.5 Å². The molecular weight excluding hydrogens is 1200 g/mol. The van der Waals surface area contributed by atoms with Gasteiger partial charge in [-0.1, -0.05) is 87.5 Å². The molecular formula is C68H81N8O13PS. The van der Waals surface area contributed by atoms with Crippen molar-refractivity contribution in [1.82, 2.24) is 30.4 Å². The Bertz CT molecular complexity index is 3770. The molecule has 0 spiro atoms. The zero-order chi connectivity index (χ0) is 65.1. The minimum atomic E-state index is -5.04. The van der Waals surface area contributed by atoms with Crippen LogP contribution in [0.1, 0.15) is 133 Å². The van der Waals surface area contributed by atoms with Gasteiger partial charge < -0.3 is 45.9 Å². The predicted molar refractivity (Wildman–Crippen MR) is 344 cm³/mol. The highest BCUT2D eigenvalue weighted by Gasteiger charge is 2.47. The summed E-state index contributed by atoms with van der Waals surface area (Å²) in [5.74, 6) is -3.54. The lowest BCUT2D eigenvalue weighted by Crippen LogP contribution is -2.54. The second-order valence-electron chi connectivity index (χ2n) is 26.2. The molecule has 0 saturated carbocycles. The number of H-pyrrole nitrogens is 1. The Hall–Kier alpha value is -7.56. The van der Waals surface area contributed by atoms with Crippen LogP contribution in [0.3, 0.4) is 0 Å². The number of ketones is 2. The van der Waals surface area contributed by atoms with Crippen LogP contribution in [0.5, 0.6) is 0 Å². The first kappa shape index (κ1) is 66.4. The summed E-state index contributed by atoms with van der Waals surface area (Å²) >= 11 is 1.57. The molecule has 6 heterocycles. The van der Waals surface area contributed by atoms with E-state index in [2.05, 4.69) is 37.6 Å². The first-order valence-electron chi connectivity index (χ1n) is 31.3. The lowest BCUT2D eigenvalue weighted by Gasteiger charge is -2.36. The molecule has 0 unspecified atom stereocenters. The number of carbonyl (C=O) groups excluding carboxylic acids is 8. The molecule has 4 aliphatic heterocycles. The maximum atomic E-state index is 14.7. The van der Waals surface area contributed by atoms with E-state index in [1.807, 2.05) is 94.7 Å². The fourth-order valence-electron chi connectivity index (χ4n) is 13.3. The number of likely N-dealkylation sites (tertiary alicyclic amines) is 2. The SMILES string of the molecule is Cc1ncsc1-c1ccc(CNC(=O)[C@@H]2C[C@@H](O)CN2C(=O)[C@@H](CC(=O)CN2CCC(Cc3ccc(CO[C@H](C)[C@H](CCC(N)=O)NC(=O)[C@@H]4Cc5cccc6c5N4C(=O)[C@@H](CC(=O)c4cc5cc(C(=O)P(=O)(O)O)ccc5[nH]4)CC6)cc3)CC2)C(C)(C)C)cc1. The van der Waals surface area contributed by atoms with Gasteiger partial charge in [0.1, 0.15) is 17.9 Å². The van der Waals surface area contributed by atoms with Gasteiger partial charge in [-0.2, -0.15) is 0 Å². The van der Waals surface area contributed by atoms with Crippen molar-refractivity contribution < 1.29 is 62.6 Å². The molecule has 2 aromatic heterocycles. The standard InChI is InChI=1S/C68H81N8O13PS/c1-39-62(91-38-71-39)46-15-13-43(14-16-46)34-70-63(81)57-33-52(78)36-75(57)66(84)53(68(3,4)5)32-51(77)35-74-25-23-42(24-26-74)27-41-9-11-44(12-10-41)37-89-40(2)54(21-22-60(69)80)73-64(82)58-30-47-8-6-7-45-17-18-48(65(83)76(58)61(45)47)31-59(79)56-29-50-28-49(19-20-55(50)72-56)67(85)90(86,87)88/h6-16,19-20,28-29,38,40,42,48,52-54,57-58,72,78H,17-18,21-27,30-37H2,1-5H3,(H2,69,80)(H,70,81)(H,73,82)(H2,86,87,88)/t40-,48-,52-,53-,54+,57+,58+/m1/s1. The highest BCUT2D eigenvalue weighted by atomic mass is 32.1. The molecule has 0 aliphatic carbocycles. The van der Waals surface area contributed by atoms with Crippen molar-refractivity contribution in [2.24, 2.45) is 28.9 Å². The number of carbonyl (C=O) groups is 8. The van der Waals surface area contributed by atoms with Crippen molar-refractivity contribution in [3.8, 4) is 10.4 Å². The number of nitrogens with two attached hydrogens (primary N) is 1. The quantitative estimate of drug-likeness (QED) is 0.0215. The van der Waals surface area contributed by atoms with Crippen molar-refractivity contribution in [1.29, 1.82) is 0 Å². The fourth-order valence-corrected chi connectivity index (χ4v) is 14.6. The number of Topliss-reactive ketones (excluding diaryl/α,β-unsaturated/α-hetero) is 2. The predicted octanol–water partition coefficient (Wildman–Crippen LogP) is 7.52. The molecule has 91 heavy (non-hydrogen) atoms. The second-order valence-corrected chi connectivity index (χ2v) is 28.5. The Morgan fingerprint density at radius 1 is 0.890 bits per heavy atom. The molecule has 23 heteroatoms. The lowest BCUT2D eigenvalue weighted by atomic mass is 9.76. The number of thiazole rings is 1. The van der Waals surface area contributed by atoms with Crippen LogP contribution >= 0.6 is 18.9 Å². The van der Waals surface area contributed by atoms with Crippen LogP contribution in [-0.4, -0.2) is 138 Å². The molecule has 2 fully saturated rings. The Morgan fingerprint density at radius 2 is 1.59 bits per heavy atom. The Kier molecular flexibility index (Phi) is 20.5. The van der Waals surface area contributed by atoms with Crippen LogP contribution in [0.2, 0.25) is 0 Å². The number of aromatic amines is 1. The molecule has 7 atom stereocenters. The molecule has 5 amide bonds. The van der Waals surface area contributed by atoms with Crippen molar-refractivity contribution >= 4 is 82.1 Å². The van der Waals surface area contributed by atoms with E-state index in [-0.39, 0.29) is 99.5 Å². The highest BCUT2D eigenvalue weighted by Crippen LogP contribution is 2.43. The number of piperidine rings is 1. The van der Waals surface area contributed by atoms with Crippen LogP contribution < -0.4 is 21.3 Å². The van der Waals surface area contributed by atoms with Crippen molar-refractivity contribution in [2.45, 2.75) is 149 Å². The number of ether oxygens (including phenoxy) is 1. The normalized spacial score (nSPS) is 19.8. The van der Waals surface area contributed by atoms with Gasteiger partial charge in [-0.05, 0) is 134 Å². The first-order chi connectivity index (χ1) is 43.3. The summed E-state index contributed by atoms with van der Waals surface area (Å²) in [6, 6.07) is 24.8. The number of nitrogens with one attached hydrogen (secondary N) is 3. The van der Waals surface area contributed by atoms with Crippen LogP contribution in [0.4, 0.5) is 5.69 Å². The largest absolute Gasteiger partial charge is 0.396 e. The van der Waals surface area contributed by atoms with Crippen molar-refractivity contribution in [2.75, 3.05) is 31.1 Å². The lowest BCUT2D eigenvalue weighted by molar-refractivity contribution is -0.146. The maximum Gasteiger partial charge on any atom is 0.396 e. The van der Waals surface area contributed by atoms with E-state index < -0.39 is 78.3 Å². The average molecular weight is 1280 g/mol. The van der Waals surface area contributed by atoms with Gasteiger partial charge in [0.05, 0.1) is 58.9 Å². The first-order valence-corrected chi connectivity index (χ1v) is 33.7. The third-order valence-electron chi connectivity index (χ3n) is 18.5. The van der Waals surface area contributed by atoms with Gasteiger partial charge in [-0.3, -0.25) is 52.7 Å². The molecule has 8 N–H and O–H groups in total. The van der Waals surface area contributed by atoms with Crippen molar-refractivity contribution in [3.05, 3.63) is 141 Å². The number of aliphatic hydroxyl groups excluding tert-OH is 1. The number of para-hydroxylation sites is 1. The Balaban J connectivity index is 0.690. The Labute approximate surface area is 533 Å². The summed E-state index contributed by atoms with van der Waals surface area (Å²) in [6.07, 6.45) is 2.34. The summed E-state index contributed by atoms with van der Waals surface area (Å²) in [4.78, 5) is 142. The minimum Gasteiger partial charge on any atom is -0.391 e. The van der Waals surface area contributed by atoms with Gasteiger partial charge in [-0.25, -0.2) is 4.98 Å². The van der Waals surface area contributed by atoms with Gasteiger partial charge in [-0.15, -0.1) is 11.3 Å². The van der Waals surface area contributed by atoms with Gasteiger partial charge in [0.15, 0.2) is 5.78 Å². The molecule has 6 aromatic rings. The smallest absolute Gasteiger partial charge is 0.391 e. The number of anilines is 1. The van der Waals surface area contributed by atoms with E-state index in [1.54, 1.807) is 11.3 Å². The topological polar surface area (TPSA) is 312 Å². The number of benzene rings is 4. The molecule has 4 aliphatic rings. The average Bonchev–Trinajstić information content (AvgIpc) is 1.63. The van der Waals surface area contributed by atoms with E-state index in [0.29, 0.717) is 35.3 Å². The Morgan fingerprint density at radius 3 is 2.27 bits per heavy atom. The third kappa shape index (κ3) is 15.9. The molecule has 2 saturated heterocycles. The van der Waals surface area contributed by atoms with Crippen molar-refractivity contribution in [3.63, 3.8) is 0 Å². The number of fused-ring (bicyclic) bond motifs is 1. The third-order valence-corrected chi connectivity index (χ3v) is 20.3. The summed E-state index contributed by atoms with van der Waals surface area (Å²) < 4.78 is 18.0. The molecule has 0 bridgehead atoms. The number of nitrogens with zero attached hydrogens (tertiary/aromatic N) is 4. The number of primary amides is 1. The summed E-state index contributed by atoms with van der Waals surface area (Å²) in [5, 5.41) is 17.2. The monoisotopic (exact) mass is 1280 g/mol. The summed E-state index contributed by atoms with van der Waals surface area (Å²) in [6.45, 7) is 11.8. The molecule has 10 rings (SSSR count). The van der Waals surface area contributed by atoms with Crippen LogP contribution in [0, 0.1) is 30.1 Å². The molecule has 21 nitrogen and oxygen atoms in total. The van der Waals surface area contributed by atoms with Gasteiger partial charge >= 0.3 is 7.60 Å². The highest BCUT2D eigenvalue weighted by molar-refractivity contribution is 7.70. The zero-order valence-electron chi connectivity index (χ0n) is 52.0. The number of β-amino-alcohol motifs (C(OH)–C–C–N with tert-alkyl or cyclic N) is 1. The van der Waals surface area contributed by atoms with E-state index in [9.17, 15) is 57.8 Å². The number of rotatable bonds is 25. The number of aliphatic hydroxyl groups is 1. The molecule has 482 valence electrons. The molecule has 0 radical (unpaired) electrons. The number of aromatic nitrogens is 2. The summed E-state index contributed by atoms with van der Waals surface area (Å²) in [7, 11) is -5.04. The van der Waals surface area contributed by atoms with Crippen LogP contribution in [-0.2, 0) is 70.5 Å². The minimum absolute atomic E-state index is 0.0229. The van der Waals surface area contributed by atoms with Gasteiger partial charge in [0.2, 0.25) is 29.5 Å². The zero-order valence-corrected chi connectivity index (χ0v) is 53.7.